The molecule has 0 saturated heterocycles. The van der Waals surface area contributed by atoms with Crippen molar-refractivity contribution in [3.8, 4) is 5.75 Å². The fourth-order valence-electron chi connectivity index (χ4n) is 3.76. The minimum Gasteiger partial charge on any atom is -0.497 e. The van der Waals surface area contributed by atoms with Gasteiger partial charge in [-0.2, -0.15) is 0 Å². The Morgan fingerprint density at radius 2 is 1.94 bits per heavy atom. The molecule has 0 aromatic heterocycles. The molecule has 2 aliphatic rings. The number of ether oxygens (including phenoxy) is 1. The molecule has 2 heteroatoms. The Labute approximate surface area is 110 Å². The number of methoxy groups -OCH3 is 1. The summed E-state index contributed by atoms with van der Waals surface area (Å²) in [5, 5.41) is 3.82. The summed E-state index contributed by atoms with van der Waals surface area (Å²) in [4.78, 5) is 0. The topological polar surface area (TPSA) is 21.3 Å². The van der Waals surface area contributed by atoms with Crippen LogP contribution in [0.3, 0.4) is 0 Å². The quantitative estimate of drug-likeness (QED) is 0.876. The standard InChI is InChI=1S/C16H23NO/c1-11(13-5-7-15(18-2)8-6-13)17-16-10-12-3-4-14(16)9-12/h5-8,11-12,14,16-17H,3-4,9-10H2,1-2H3/t11-,12?,14?,16?/m0/s1. The van der Waals surface area contributed by atoms with Gasteiger partial charge >= 0.3 is 0 Å². The van der Waals surface area contributed by atoms with E-state index in [-0.39, 0.29) is 0 Å². The second kappa shape index (κ2) is 4.93. The smallest absolute Gasteiger partial charge is 0.118 e. The van der Waals surface area contributed by atoms with Crippen LogP contribution in [0.1, 0.15) is 44.2 Å². The number of nitrogens with one attached hydrogen (secondary N) is 1. The van der Waals surface area contributed by atoms with Crippen molar-refractivity contribution in [2.75, 3.05) is 7.11 Å². The molecule has 18 heavy (non-hydrogen) atoms. The lowest BCUT2D eigenvalue weighted by molar-refractivity contribution is 0.327. The minimum atomic E-state index is 0.445. The molecule has 1 aromatic rings. The van der Waals surface area contributed by atoms with Crippen LogP contribution >= 0.6 is 0 Å². The van der Waals surface area contributed by atoms with Crippen molar-refractivity contribution >= 4 is 0 Å². The Bertz CT molecular complexity index is 400. The maximum absolute atomic E-state index is 5.20. The summed E-state index contributed by atoms with van der Waals surface area (Å²) < 4.78 is 5.20. The molecular weight excluding hydrogens is 222 g/mol. The van der Waals surface area contributed by atoms with Gasteiger partial charge in [0.15, 0.2) is 0 Å². The predicted molar refractivity (Wildman–Crippen MR) is 73.8 cm³/mol. The number of fused-ring (bicyclic) bond motifs is 2. The molecule has 0 radical (unpaired) electrons. The SMILES string of the molecule is COc1ccc([C@H](C)NC2CC3CCC2C3)cc1. The third-order valence-corrected chi connectivity index (χ3v) is 4.82. The normalized spacial score (nSPS) is 31.6. The van der Waals surface area contributed by atoms with Gasteiger partial charge in [-0.25, -0.2) is 0 Å². The molecule has 1 N–H and O–H groups in total. The molecule has 2 saturated carbocycles. The van der Waals surface area contributed by atoms with Crippen molar-refractivity contribution in [3.05, 3.63) is 29.8 Å². The van der Waals surface area contributed by atoms with E-state index in [2.05, 4.69) is 24.4 Å². The maximum Gasteiger partial charge on any atom is 0.118 e. The van der Waals surface area contributed by atoms with Crippen LogP contribution in [0.15, 0.2) is 24.3 Å². The zero-order valence-corrected chi connectivity index (χ0v) is 11.4. The number of hydrogen-bond acceptors (Lipinski definition) is 2. The van der Waals surface area contributed by atoms with Gasteiger partial charge in [0.25, 0.3) is 0 Å². The third kappa shape index (κ3) is 2.26. The number of rotatable bonds is 4. The molecule has 3 rings (SSSR count). The van der Waals surface area contributed by atoms with Crippen molar-refractivity contribution in [3.63, 3.8) is 0 Å². The monoisotopic (exact) mass is 245 g/mol. The lowest BCUT2D eigenvalue weighted by Crippen LogP contribution is -2.35. The van der Waals surface area contributed by atoms with Gasteiger partial charge in [0.1, 0.15) is 5.75 Å². The van der Waals surface area contributed by atoms with Gasteiger partial charge in [-0.15, -0.1) is 0 Å². The van der Waals surface area contributed by atoms with E-state index in [0.29, 0.717) is 6.04 Å². The van der Waals surface area contributed by atoms with E-state index < -0.39 is 0 Å². The average Bonchev–Trinajstić information content (AvgIpc) is 3.01. The lowest BCUT2D eigenvalue weighted by atomic mass is 9.94. The van der Waals surface area contributed by atoms with E-state index in [1.54, 1.807) is 7.11 Å². The van der Waals surface area contributed by atoms with Crippen LogP contribution < -0.4 is 10.1 Å². The van der Waals surface area contributed by atoms with Crippen molar-refractivity contribution in [1.82, 2.24) is 5.32 Å². The van der Waals surface area contributed by atoms with Crippen molar-refractivity contribution in [1.29, 1.82) is 0 Å². The largest absolute Gasteiger partial charge is 0.497 e. The molecule has 2 nitrogen and oxygen atoms in total. The number of benzene rings is 1. The molecule has 2 bridgehead atoms. The first-order chi connectivity index (χ1) is 8.76. The first-order valence-corrected chi connectivity index (χ1v) is 7.16. The van der Waals surface area contributed by atoms with Gasteiger partial charge in [0.05, 0.1) is 7.11 Å². The van der Waals surface area contributed by atoms with Gasteiger partial charge < -0.3 is 10.1 Å². The fourth-order valence-corrected chi connectivity index (χ4v) is 3.76. The molecule has 0 aliphatic heterocycles. The predicted octanol–water partition coefficient (Wildman–Crippen LogP) is 3.53. The molecule has 3 unspecified atom stereocenters. The van der Waals surface area contributed by atoms with E-state index in [4.69, 9.17) is 4.74 Å². The first kappa shape index (κ1) is 12.0. The molecule has 0 amide bonds. The average molecular weight is 245 g/mol. The van der Waals surface area contributed by atoms with Crippen LogP contribution in [0.25, 0.3) is 0 Å². The van der Waals surface area contributed by atoms with Crippen molar-refractivity contribution in [2.45, 2.75) is 44.7 Å². The molecule has 4 atom stereocenters. The van der Waals surface area contributed by atoms with Crippen LogP contribution in [0.5, 0.6) is 5.75 Å². The molecule has 98 valence electrons. The Balaban J connectivity index is 1.62. The summed E-state index contributed by atoms with van der Waals surface area (Å²) in [5.41, 5.74) is 1.36. The van der Waals surface area contributed by atoms with Crippen LogP contribution in [-0.4, -0.2) is 13.2 Å². The highest BCUT2D eigenvalue weighted by Gasteiger charge is 2.39. The van der Waals surface area contributed by atoms with Crippen molar-refractivity contribution in [2.24, 2.45) is 11.8 Å². The third-order valence-electron chi connectivity index (χ3n) is 4.82. The van der Waals surface area contributed by atoms with Gasteiger partial charge in [0, 0.05) is 12.1 Å². The Hall–Kier alpha value is -1.02. The van der Waals surface area contributed by atoms with E-state index in [0.717, 1.165) is 23.6 Å². The highest BCUT2D eigenvalue weighted by Crippen LogP contribution is 2.45. The van der Waals surface area contributed by atoms with Gasteiger partial charge in [-0.3, -0.25) is 0 Å². The number of hydrogen-bond donors (Lipinski definition) is 1. The molecule has 2 aliphatic carbocycles. The maximum atomic E-state index is 5.20. The first-order valence-electron chi connectivity index (χ1n) is 7.16. The summed E-state index contributed by atoms with van der Waals surface area (Å²) in [6.45, 7) is 2.27. The minimum absolute atomic E-state index is 0.445. The van der Waals surface area contributed by atoms with E-state index in [1.807, 2.05) is 12.1 Å². The zero-order chi connectivity index (χ0) is 12.5. The summed E-state index contributed by atoms with van der Waals surface area (Å²) in [6, 6.07) is 9.64. The van der Waals surface area contributed by atoms with Crippen LogP contribution in [0, 0.1) is 11.8 Å². The highest BCUT2D eigenvalue weighted by molar-refractivity contribution is 5.28. The Kier molecular flexibility index (Phi) is 3.29. The molecule has 0 heterocycles. The fraction of sp³-hybridized carbons (Fsp3) is 0.625. The second-order valence-corrected chi connectivity index (χ2v) is 5.94. The highest BCUT2D eigenvalue weighted by atomic mass is 16.5. The van der Waals surface area contributed by atoms with Gasteiger partial charge in [0.2, 0.25) is 0 Å². The molecular formula is C16H23NO. The summed E-state index contributed by atoms with van der Waals surface area (Å²) in [7, 11) is 1.71. The van der Waals surface area contributed by atoms with E-state index >= 15 is 0 Å². The van der Waals surface area contributed by atoms with Crippen LogP contribution in [0.2, 0.25) is 0 Å². The molecule has 1 aromatic carbocycles. The lowest BCUT2D eigenvalue weighted by Gasteiger charge is -2.27. The zero-order valence-electron chi connectivity index (χ0n) is 11.4. The Morgan fingerprint density at radius 3 is 2.50 bits per heavy atom. The van der Waals surface area contributed by atoms with Gasteiger partial charge in [-0.1, -0.05) is 18.6 Å². The molecule has 2 fully saturated rings. The Morgan fingerprint density at radius 1 is 1.17 bits per heavy atom. The summed E-state index contributed by atoms with van der Waals surface area (Å²) in [5.74, 6) is 2.89. The van der Waals surface area contributed by atoms with E-state index in [9.17, 15) is 0 Å². The van der Waals surface area contributed by atoms with Crippen LogP contribution in [0.4, 0.5) is 0 Å². The van der Waals surface area contributed by atoms with Gasteiger partial charge in [-0.05, 0) is 55.7 Å². The molecule has 0 spiro atoms. The van der Waals surface area contributed by atoms with E-state index in [1.165, 1.54) is 31.2 Å². The van der Waals surface area contributed by atoms with Crippen LogP contribution in [-0.2, 0) is 0 Å². The summed E-state index contributed by atoms with van der Waals surface area (Å²) in [6.07, 6.45) is 5.77. The van der Waals surface area contributed by atoms with Crippen molar-refractivity contribution < 1.29 is 4.74 Å². The summed E-state index contributed by atoms with van der Waals surface area (Å²) >= 11 is 0. The second-order valence-electron chi connectivity index (χ2n) is 5.94.